The van der Waals surface area contributed by atoms with Crippen LogP contribution >= 0.6 is 0 Å². The molecule has 2 fully saturated rings. The summed E-state index contributed by atoms with van der Waals surface area (Å²) in [5, 5.41) is 30.2. The van der Waals surface area contributed by atoms with Crippen LogP contribution in [0.15, 0.2) is 48.5 Å². The van der Waals surface area contributed by atoms with E-state index in [1.165, 1.54) is 11.1 Å². The van der Waals surface area contributed by atoms with Gasteiger partial charge >= 0.3 is 51.4 Å². The molecule has 14 nitrogen and oxygen atoms in total. The predicted molar refractivity (Wildman–Crippen MR) is 239 cm³/mol. The number of unbranched alkanes of at least 4 members (excludes halogenated alkanes) is 3. The quantitative estimate of drug-likeness (QED) is 0.0525. The summed E-state index contributed by atoms with van der Waals surface area (Å²) in [7, 11) is 0. The maximum atomic E-state index is 10.9. The van der Waals surface area contributed by atoms with E-state index < -0.39 is 11.2 Å². The van der Waals surface area contributed by atoms with Gasteiger partial charge in [-0.2, -0.15) is 0 Å². The van der Waals surface area contributed by atoms with Gasteiger partial charge in [-0.15, -0.1) is 0 Å². The number of rotatable bonds is 34. The molecule has 0 aliphatic carbocycles. The zero-order valence-electron chi connectivity index (χ0n) is 40.2. The molecule has 0 radical (unpaired) electrons. The summed E-state index contributed by atoms with van der Waals surface area (Å²) in [5.41, 5.74) is 1.40. The molecule has 63 heavy (non-hydrogen) atoms. The van der Waals surface area contributed by atoms with Crippen LogP contribution in [0.3, 0.4) is 0 Å². The van der Waals surface area contributed by atoms with Crippen LogP contribution in [0.1, 0.15) is 109 Å². The van der Waals surface area contributed by atoms with Crippen molar-refractivity contribution in [3.8, 4) is 0 Å². The molecule has 0 bridgehead atoms. The Bertz CT molecular complexity index is 1280. The van der Waals surface area contributed by atoms with Crippen LogP contribution < -0.4 is 51.4 Å². The number of ether oxygens (including phenoxy) is 10. The van der Waals surface area contributed by atoms with Gasteiger partial charge in [0.15, 0.2) is 0 Å². The third kappa shape index (κ3) is 28.5. The van der Waals surface area contributed by atoms with Crippen LogP contribution in [-0.4, -0.2) is 146 Å². The Balaban J connectivity index is 0.00000115. The predicted octanol–water partition coefficient (Wildman–Crippen LogP) is 3.62. The number of hydrogen-bond donors (Lipinski definition) is 3. The molecule has 2 saturated heterocycles. The smallest absolute Gasteiger partial charge is 0.870 e. The number of aliphatic hydroxyl groups is 3. The standard InChI is InChI=1S/C28H50O8.C12H14O2.C8H18O3.K.H2O/c1-5-7-12-31-14-16-33-18-20-35-23-27(3,29)25-10-9-11-26(22-25)28(4,30)24-36-21-19-34-17-15-32-13-8-6-2;1-11(7-13-11)9-4-3-5-10(6-9)12(2)8-14-12;1-2-3-5-10-7-8-11-6-4-9;;/h9-11,22,29-30H,5-8,12-21,23-24H2,1-4H3;3-6H,7-8H2,1-2H3;9H,2-8H2,1H3;;1H2/q;;;+1;/p-1. The Kier molecular flexibility index (Phi) is 36.3. The first-order valence-corrected chi connectivity index (χ1v) is 22.5. The fourth-order valence-electron chi connectivity index (χ4n) is 5.63. The molecule has 4 N–H and O–H groups in total. The molecule has 2 heterocycles. The number of aliphatic hydroxyl groups excluding tert-OH is 1. The van der Waals surface area contributed by atoms with E-state index in [4.69, 9.17) is 52.5 Å². The summed E-state index contributed by atoms with van der Waals surface area (Å²) in [6.07, 6.45) is 6.64. The van der Waals surface area contributed by atoms with Crippen molar-refractivity contribution >= 4 is 0 Å². The number of benzene rings is 2. The van der Waals surface area contributed by atoms with E-state index in [0.717, 1.165) is 71.6 Å². The van der Waals surface area contributed by atoms with E-state index in [9.17, 15) is 10.2 Å². The zero-order chi connectivity index (χ0) is 44.7. The van der Waals surface area contributed by atoms with Gasteiger partial charge in [0.1, 0.15) is 22.4 Å². The van der Waals surface area contributed by atoms with E-state index >= 15 is 0 Å². The third-order valence-electron chi connectivity index (χ3n) is 10.1. The van der Waals surface area contributed by atoms with Crippen LogP contribution in [-0.2, 0) is 69.8 Å². The summed E-state index contributed by atoms with van der Waals surface area (Å²) >= 11 is 0. The fourth-order valence-corrected chi connectivity index (χ4v) is 5.63. The topological polar surface area (TPSA) is 190 Å². The molecule has 0 saturated carbocycles. The van der Waals surface area contributed by atoms with E-state index in [0.29, 0.717) is 83.8 Å². The molecule has 2 aliphatic rings. The van der Waals surface area contributed by atoms with Gasteiger partial charge in [-0.25, -0.2) is 0 Å². The minimum Gasteiger partial charge on any atom is -0.870 e. The molecular formula is C48H83KO14. The summed E-state index contributed by atoms with van der Waals surface area (Å²) in [6.45, 7) is 23.9. The first-order valence-electron chi connectivity index (χ1n) is 22.5. The first kappa shape index (κ1) is 62.5. The Labute approximate surface area is 422 Å². The SMILES string of the molecule is CC1(c2cccc(C3(C)CO3)c2)CO1.CCCCOCCOCCO.CCCCOCCOCCOCC(C)(O)c1cccc(C(C)(O)COCCOCCOCCCC)c1.[K+].[OH-]. The Morgan fingerprint density at radius 3 is 1.13 bits per heavy atom. The molecule has 4 unspecified atom stereocenters. The monoisotopic (exact) mass is 923 g/mol. The fraction of sp³-hybridized carbons (Fsp3) is 0.750. The van der Waals surface area contributed by atoms with Crippen molar-refractivity contribution in [1.82, 2.24) is 0 Å². The molecule has 0 spiro atoms. The second kappa shape index (κ2) is 36.5. The van der Waals surface area contributed by atoms with Crippen molar-refractivity contribution in [1.29, 1.82) is 0 Å². The van der Waals surface area contributed by atoms with Crippen molar-refractivity contribution in [3.63, 3.8) is 0 Å². The van der Waals surface area contributed by atoms with Gasteiger partial charge in [-0.3, -0.25) is 0 Å². The second-order valence-corrected chi connectivity index (χ2v) is 16.3. The van der Waals surface area contributed by atoms with E-state index in [1.54, 1.807) is 19.9 Å². The number of epoxide rings is 2. The van der Waals surface area contributed by atoms with Crippen molar-refractivity contribution in [2.24, 2.45) is 0 Å². The molecule has 2 aromatic rings. The van der Waals surface area contributed by atoms with Crippen molar-refractivity contribution in [3.05, 3.63) is 70.8 Å². The third-order valence-corrected chi connectivity index (χ3v) is 10.1. The molecule has 4 rings (SSSR count). The average molecular weight is 923 g/mol. The van der Waals surface area contributed by atoms with Crippen LogP contribution in [0, 0.1) is 0 Å². The summed E-state index contributed by atoms with van der Waals surface area (Å²) < 4.78 is 54.2. The molecular weight excluding hydrogens is 840 g/mol. The molecule has 4 atom stereocenters. The molecule has 360 valence electrons. The largest absolute Gasteiger partial charge is 1.00 e. The van der Waals surface area contributed by atoms with Gasteiger partial charge in [0, 0.05) is 19.8 Å². The Hall–Kier alpha value is -0.484. The molecule has 15 heteroatoms. The first-order chi connectivity index (χ1) is 29.4. The average Bonchev–Trinajstić information content (AvgIpc) is 4.20. The van der Waals surface area contributed by atoms with Gasteiger partial charge in [-0.1, -0.05) is 76.4 Å². The van der Waals surface area contributed by atoms with Crippen LogP contribution in [0.4, 0.5) is 0 Å². The summed E-state index contributed by atoms with van der Waals surface area (Å²) in [5.74, 6) is 0. The second-order valence-electron chi connectivity index (χ2n) is 16.3. The van der Waals surface area contributed by atoms with Gasteiger partial charge in [0.25, 0.3) is 0 Å². The summed E-state index contributed by atoms with van der Waals surface area (Å²) in [6, 6.07) is 15.8. The maximum absolute atomic E-state index is 10.9. The molecule has 2 aliphatic heterocycles. The van der Waals surface area contributed by atoms with Gasteiger partial charge in [-0.05, 0) is 81.3 Å². The van der Waals surface area contributed by atoms with Gasteiger partial charge < -0.3 is 68.2 Å². The van der Waals surface area contributed by atoms with Crippen molar-refractivity contribution in [2.45, 2.75) is 109 Å². The molecule has 0 aromatic heterocycles. The van der Waals surface area contributed by atoms with E-state index in [-0.39, 0.29) is 87.9 Å². The van der Waals surface area contributed by atoms with E-state index in [1.807, 2.05) is 18.2 Å². The minimum atomic E-state index is -1.21. The van der Waals surface area contributed by atoms with Crippen molar-refractivity contribution < 1.29 is 120 Å². The van der Waals surface area contributed by atoms with Crippen LogP contribution in [0.2, 0.25) is 0 Å². The van der Waals surface area contributed by atoms with Crippen molar-refractivity contribution in [2.75, 3.05) is 126 Å². The zero-order valence-corrected chi connectivity index (χ0v) is 43.3. The summed E-state index contributed by atoms with van der Waals surface area (Å²) in [4.78, 5) is 0. The van der Waals surface area contributed by atoms with Gasteiger partial charge in [0.05, 0.1) is 106 Å². The minimum absolute atomic E-state index is 0. The van der Waals surface area contributed by atoms with E-state index in [2.05, 4.69) is 58.9 Å². The Morgan fingerprint density at radius 2 is 0.810 bits per heavy atom. The van der Waals surface area contributed by atoms with Crippen LogP contribution in [0.25, 0.3) is 0 Å². The van der Waals surface area contributed by atoms with Crippen LogP contribution in [0.5, 0.6) is 0 Å². The number of hydrogen-bond acceptors (Lipinski definition) is 14. The maximum Gasteiger partial charge on any atom is 1.00 e. The normalized spacial score (nSPS) is 19.2. The Morgan fingerprint density at radius 1 is 0.508 bits per heavy atom. The molecule has 0 amide bonds. The molecule has 2 aromatic carbocycles. The van der Waals surface area contributed by atoms with Gasteiger partial charge in [0.2, 0.25) is 0 Å².